The van der Waals surface area contributed by atoms with Crippen molar-refractivity contribution in [2.45, 2.75) is 27.3 Å². The highest BCUT2D eigenvalue weighted by atomic mass is 16.6. The Labute approximate surface area is 144 Å². The average Bonchev–Trinajstić information content (AvgIpc) is 2.86. The number of ether oxygens (including phenoxy) is 1. The molecule has 0 aliphatic rings. The minimum absolute atomic E-state index is 0.0483. The molecular formula is C17H19N3O5. The second-order valence-corrected chi connectivity index (χ2v) is 5.56. The molecule has 0 saturated carbocycles. The van der Waals surface area contributed by atoms with Crippen LogP contribution in [-0.4, -0.2) is 27.8 Å². The van der Waals surface area contributed by atoms with E-state index in [-0.39, 0.29) is 22.7 Å². The van der Waals surface area contributed by atoms with E-state index in [4.69, 9.17) is 10.5 Å². The topological polar surface area (TPSA) is 117 Å². The van der Waals surface area contributed by atoms with Gasteiger partial charge in [-0.05, 0) is 32.9 Å². The Morgan fingerprint density at radius 2 is 1.92 bits per heavy atom. The van der Waals surface area contributed by atoms with Gasteiger partial charge in [0, 0.05) is 41.3 Å². The number of nitrogens with zero attached hydrogens (tertiary/aromatic N) is 2. The van der Waals surface area contributed by atoms with E-state index in [0.717, 1.165) is 24.0 Å². The first-order valence-corrected chi connectivity index (χ1v) is 7.67. The summed E-state index contributed by atoms with van der Waals surface area (Å²) in [6.07, 6.45) is 0. The Kier molecular flexibility index (Phi) is 5.21. The molecule has 0 radical (unpaired) electrons. The molecule has 0 bridgehead atoms. The van der Waals surface area contributed by atoms with Gasteiger partial charge >= 0.3 is 5.97 Å². The summed E-state index contributed by atoms with van der Waals surface area (Å²) in [7, 11) is 0. The number of aryl methyl sites for hydroxylation is 1. The zero-order valence-electron chi connectivity index (χ0n) is 14.2. The monoisotopic (exact) mass is 345 g/mol. The maximum Gasteiger partial charge on any atom is 0.340 e. The number of non-ortho nitro benzene ring substituents is 1. The highest BCUT2D eigenvalue weighted by molar-refractivity contribution is 6.01. The van der Waals surface area contributed by atoms with E-state index in [0.29, 0.717) is 5.56 Å². The van der Waals surface area contributed by atoms with Crippen molar-refractivity contribution in [1.29, 1.82) is 0 Å². The number of ketones is 1. The number of carbonyl (C=O) groups is 2. The SMILES string of the molecule is CCn1c(C)cc(C(=O)COC(=O)c2cc([N+](=O)[O-])ccc2N)c1C. The first-order valence-electron chi connectivity index (χ1n) is 7.67. The number of hydrogen-bond donors (Lipinski definition) is 1. The number of esters is 1. The van der Waals surface area contributed by atoms with Crippen molar-refractivity contribution < 1.29 is 19.2 Å². The highest BCUT2D eigenvalue weighted by Crippen LogP contribution is 2.21. The number of nitro benzene ring substituents is 1. The molecule has 0 saturated heterocycles. The van der Waals surface area contributed by atoms with Crippen molar-refractivity contribution in [3.63, 3.8) is 0 Å². The minimum atomic E-state index is -0.876. The number of Topliss-reactive ketones (excluding diaryl/α,β-unsaturated/α-hetero) is 1. The Balaban J connectivity index is 2.14. The van der Waals surface area contributed by atoms with Gasteiger partial charge in [-0.2, -0.15) is 0 Å². The van der Waals surface area contributed by atoms with Crippen LogP contribution in [0.2, 0.25) is 0 Å². The Morgan fingerprint density at radius 1 is 1.24 bits per heavy atom. The molecule has 0 aliphatic carbocycles. The molecule has 0 unspecified atom stereocenters. The largest absolute Gasteiger partial charge is 0.454 e. The number of carbonyl (C=O) groups excluding carboxylic acids is 2. The van der Waals surface area contributed by atoms with Gasteiger partial charge in [-0.1, -0.05) is 0 Å². The van der Waals surface area contributed by atoms with E-state index < -0.39 is 17.5 Å². The summed E-state index contributed by atoms with van der Waals surface area (Å²) in [5.74, 6) is -1.22. The number of aromatic nitrogens is 1. The van der Waals surface area contributed by atoms with E-state index in [9.17, 15) is 19.7 Å². The second-order valence-electron chi connectivity index (χ2n) is 5.56. The number of benzene rings is 1. The van der Waals surface area contributed by atoms with Crippen molar-refractivity contribution in [3.05, 3.63) is 56.9 Å². The Morgan fingerprint density at radius 3 is 2.48 bits per heavy atom. The Bertz CT molecular complexity index is 854. The number of hydrogen-bond acceptors (Lipinski definition) is 6. The van der Waals surface area contributed by atoms with Crippen LogP contribution < -0.4 is 5.73 Å². The van der Waals surface area contributed by atoms with E-state index in [1.54, 1.807) is 6.07 Å². The van der Waals surface area contributed by atoms with Crippen LogP contribution in [-0.2, 0) is 11.3 Å². The molecule has 2 rings (SSSR count). The van der Waals surface area contributed by atoms with Crippen molar-refractivity contribution in [2.24, 2.45) is 0 Å². The van der Waals surface area contributed by atoms with Crippen molar-refractivity contribution in [1.82, 2.24) is 4.57 Å². The molecule has 0 fully saturated rings. The van der Waals surface area contributed by atoms with Crippen LogP contribution in [0.25, 0.3) is 0 Å². The van der Waals surface area contributed by atoms with Gasteiger partial charge < -0.3 is 15.0 Å². The quantitative estimate of drug-likeness (QED) is 0.283. The lowest BCUT2D eigenvalue weighted by Crippen LogP contribution is -2.16. The summed E-state index contributed by atoms with van der Waals surface area (Å²) in [6, 6.07) is 5.23. The van der Waals surface area contributed by atoms with Crippen molar-refractivity contribution in [3.8, 4) is 0 Å². The fourth-order valence-corrected chi connectivity index (χ4v) is 2.69. The molecule has 0 amide bonds. The maximum absolute atomic E-state index is 12.3. The smallest absolute Gasteiger partial charge is 0.340 e. The summed E-state index contributed by atoms with van der Waals surface area (Å²) in [6.45, 7) is 5.95. The van der Waals surface area contributed by atoms with Gasteiger partial charge in [0.15, 0.2) is 6.61 Å². The summed E-state index contributed by atoms with van der Waals surface area (Å²) in [5, 5.41) is 10.8. The average molecular weight is 345 g/mol. The second kappa shape index (κ2) is 7.16. The van der Waals surface area contributed by atoms with E-state index in [2.05, 4.69) is 0 Å². The predicted octanol–water partition coefficient (Wildman–Crippen LogP) is 2.65. The van der Waals surface area contributed by atoms with Gasteiger partial charge in [-0.15, -0.1) is 0 Å². The molecule has 0 spiro atoms. The Hall–Kier alpha value is -3.16. The standard InChI is InChI=1S/C17H19N3O5/c1-4-19-10(2)7-13(11(19)3)16(21)9-25-17(22)14-8-12(20(23)24)5-6-15(14)18/h5-8H,4,9,18H2,1-3H3. The summed E-state index contributed by atoms with van der Waals surface area (Å²) in [5.41, 5.74) is 7.52. The van der Waals surface area contributed by atoms with E-state index >= 15 is 0 Å². The molecular weight excluding hydrogens is 326 g/mol. The van der Waals surface area contributed by atoms with Crippen LogP contribution in [0.1, 0.15) is 39.0 Å². The predicted molar refractivity (Wildman–Crippen MR) is 91.7 cm³/mol. The number of rotatable bonds is 6. The third-order valence-electron chi connectivity index (χ3n) is 3.99. The molecule has 2 N–H and O–H groups in total. The molecule has 1 heterocycles. The van der Waals surface area contributed by atoms with Gasteiger partial charge in [0.1, 0.15) is 0 Å². The third-order valence-corrected chi connectivity index (χ3v) is 3.99. The van der Waals surface area contributed by atoms with Crippen LogP contribution >= 0.6 is 0 Å². The zero-order chi connectivity index (χ0) is 18.7. The van der Waals surface area contributed by atoms with Gasteiger partial charge in [0.2, 0.25) is 5.78 Å². The van der Waals surface area contributed by atoms with Gasteiger partial charge in [0.05, 0.1) is 10.5 Å². The minimum Gasteiger partial charge on any atom is -0.454 e. The van der Waals surface area contributed by atoms with Crippen LogP contribution in [0.15, 0.2) is 24.3 Å². The van der Waals surface area contributed by atoms with Crippen molar-refractivity contribution in [2.75, 3.05) is 12.3 Å². The third kappa shape index (κ3) is 3.68. The molecule has 25 heavy (non-hydrogen) atoms. The molecule has 1 aromatic heterocycles. The first-order chi connectivity index (χ1) is 11.8. The molecule has 0 aliphatic heterocycles. The maximum atomic E-state index is 12.3. The van der Waals surface area contributed by atoms with Gasteiger partial charge in [0.25, 0.3) is 5.69 Å². The summed E-state index contributed by atoms with van der Waals surface area (Å²) in [4.78, 5) is 34.6. The number of anilines is 1. The lowest BCUT2D eigenvalue weighted by molar-refractivity contribution is -0.384. The highest BCUT2D eigenvalue weighted by Gasteiger charge is 2.20. The number of nitro groups is 1. The summed E-state index contributed by atoms with van der Waals surface area (Å²) >= 11 is 0. The lowest BCUT2D eigenvalue weighted by Gasteiger charge is -2.07. The lowest BCUT2D eigenvalue weighted by atomic mass is 10.1. The molecule has 0 atom stereocenters. The van der Waals surface area contributed by atoms with E-state index in [1.165, 1.54) is 12.1 Å². The van der Waals surface area contributed by atoms with Crippen LogP contribution in [0.4, 0.5) is 11.4 Å². The van der Waals surface area contributed by atoms with Crippen molar-refractivity contribution >= 4 is 23.1 Å². The normalized spacial score (nSPS) is 10.5. The molecule has 2 aromatic rings. The summed E-state index contributed by atoms with van der Waals surface area (Å²) < 4.78 is 6.98. The molecule has 8 heteroatoms. The fourth-order valence-electron chi connectivity index (χ4n) is 2.69. The van der Waals surface area contributed by atoms with E-state index in [1.807, 2.05) is 25.3 Å². The van der Waals surface area contributed by atoms with Crippen LogP contribution in [0.3, 0.4) is 0 Å². The van der Waals surface area contributed by atoms with Crippen LogP contribution in [0, 0.1) is 24.0 Å². The molecule has 132 valence electrons. The zero-order valence-corrected chi connectivity index (χ0v) is 14.2. The number of nitrogens with two attached hydrogens (primary N) is 1. The molecule has 1 aromatic carbocycles. The fraction of sp³-hybridized carbons (Fsp3) is 0.294. The van der Waals surface area contributed by atoms with Gasteiger partial charge in [-0.3, -0.25) is 14.9 Å². The first kappa shape index (κ1) is 18.2. The van der Waals surface area contributed by atoms with Gasteiger partial charge in [-0.25, -0.2) is 4.79 Å². The number of nitrogen functional groups attached to an aromatic ring is 1. The van der Waals surface area contributed by atoms with Crippen LogP contribution in [0.5, 0.6) is 0 Å². The molecule has 8 nitrogen and oxygen atoms in total.